The van der Waals surface area contributed by atoms with E-state index in [9.17, 15) is 9.59 Å². The quantitative estimate of drug-likeness (QED) is 0.561. The van der Waals surface area contributed by atoms with Crippen molar-refractivity contribution in [3.05, 3.63) is 37.9 Å². The first-order chi connectivity index (χ1) is 10.9. The maximum absolute atomic E-state index is 12.4. The number of nitrogens with one attached hydrogen (secondary N) is 1. The SMILES string of the molecule is COC(=O)C1=C(Nc2cc(Cl)c(Br)cc2Cl)C(=O)N(CCO)C1. The maximum Gasteiger partial charge on any atom is 0.337 e. The Balaban J connectivity index is 2.39. The number of nitrogens with zero attached hydrogens (tertiary/aromatic N) is 1. The fourth-order valence-corrected chi connectivity index (χ4v) is 2.95. The number of hydrogen-bond donors (Lipinski definition) is 2. The molecule has 0 aliphatic carbocycles. The van der Waals surface area contributed by atoms with Crippen molar-refractivity contribution in [1.82, 2.24) is 4.90 Å². The second-order valence-corrected chi connectivity index (χ2v) is 6.34. The van der Waals surface area contributed by atoms with Crippen LogP contribution in [0.2, 0.25) is 10.0 Å². The third-order valence-electron chi connectivity index (χ3n) is 3.22. The molecule has 0 bridgehead atoms. The highest BCUT2D eigenvalue weighted by molar-refractivity contribution is 9.10. The molecule has 1 amide bonds. The molecule has 0 saturated heterocycles. The monoisotopic (exact) mass is 422 g/mol. The predicted molar refractivity (Wildman–Crippen MR) is 90.5 cm³/mol. The molecule has 0 spiro atoms. The lowest BCUT2D eigenvalue weighted by molar-refractivity contribution is -0.136. The van der Waals surface area contributed by atoms with E-state index in [-0.39, 0.29) is 31.0 Å². The average molecular weight is 424 g/mol. The second kappa shape index (κ2) is 7.53. The number of rotatable bonds is 5. The van der Waals surface area contributed by atoms with Crippen LogP contribution in [-0.2, 0) is 14.3 Å². The number of carbonyl (C=O) groups excluding carboxylic acids is 2. The van der Waals surface area contributed by atoms with Gasteiger partial charge in [0.25, 0.3) is 5.91 Å². The Morgan fingerprint density at radius 3 is 2.74 bits per heavy atom. The third kappa shape index (κ3) is 3.80. The normalized spacial score (nSPS) is 14.5. The minimum atomic E-state index is -0.624. The van der Waals surface area contributed by atoms with Crippen LogP contribution in [0.25, 0.3) is 0 Å². The number of hydrogen-bond acceptors (Lipinski definition) is 5. The lowest BCUT2D eigenvalue weighted by atomic mass is 10.2. The number of halogens is 3. The number of esters is 1. The third-order valence-corrected chi connectivity index (χ3v) is 4.73. The smallest absolute Gasteiger partial charge is 0.337 e. The van der Waals surface area contributed by atoms with E-state index >= 15 is 0 Å². The molecular formula is C14H13BrCl2N2O4. The number of β-amino-alcohol motifs (C(OH)–C–C–N with tert-alkyl or cyclic N) is 1. The first kappa shape index (κ1) is 18.1. The number of benzene rings is 1. The Bertz CT molecular complexity index is 694. The zero-order chi connectivity index (χ0) is 17.1. The summed E-state index contributed by atoms with van der Waals surface area (Å²) in [7, 11) is 1.23. The number of methoxy groups -OCH3 is 1. The van der Waals surface area contributed by atoms with Gasteiger partial charge in [-0.2, -0.15) is 0 Å². The maximum atomic E-state index is 12.4. The number of amides is 1. The molecule has 1 heterocycles. The van der Waals surface area contributed by atoms with Crippen molar-refractivity contribution in [3.63, 3.8) is 0 Å². The van der Waals surface area contributed by atoms with Crippen LogP contribution in [0.1, 0.15) is 0 Å². The van der Waals surface area contributed by atoms with Crippen LogP contribution in [-0.4, -0.2) is 48.7 Å². The van der Waals surface area contributed by atoms with Gasteiger partial charge in [-0.25, -0.2) is 4.79 Å². The van der Waals surface area contributed by atoms with Crippen molar-refractivity contribution < 1.29 is 19.4 Å². The average Bonchev–Trinajstić information content (AvgIpc) is 2.81. The van der Waals surface area contributed by atoms with Crippen molar-refractivity contribution in [2.24, 2.45) is 0 Å². The summed E-state index contributed by atoms with van der Waals surface area (Å²) in [6.07, 6.45) is 0. The highest BCUT2D eigenvalue weighted by atomic mass is 79.9. The summed E-state index contributed by atoms with van der Waals surface area (Å²) >= 11 is 15.4. The summed E-state index contributed by atoms with van der Waals surface area (Å²) in [5.41, 5.74) is 0.613. The van der Waals surface area contributed by atoms with E-state index in [1.54, 1.807) is 6.07 Å². The summed E-state index contributed by atoms with van der Waals surface area (Å²) in [6.45, 7) is -0.0477. The van der Waals surface area contributed by atoms with Crippen molar-refractivity contribution in [1.29, 1.82) is 0 Å². The number of carbonyl (C=O) groups is 2. The largest absolute Gasteiger partial charge is 0.466 e. The Labute approximate surface area is 151 Å². The Hall–Kier alpha value is -1.28. The number of anilines is 1. The fraction of sp³-hybridized carbons (Fsp3) is 0.286. The standard InChI is InChI=1S/C14H13BrCl2N2O4/c1-23-14(22)7-6-19(2-3-20)13(21)12(7)18-11-5-9(16)8(15)4-10(11)17/h4-5,18,20H,2-3,6H2,1H3. The van der Waals surface area contributed by atoms with Crippen LogP contribution >= 0.6 is 39.1 Å². The van der Waals surface area contributed by atoms with Gasteiger partial charge in [0.1, 0.15) is 5.70 Å². The second-order valence-electron chi connectivity index (χ2n) is 4.67. The molecule has 9 heteroatoms. The highest BCUT2D eigenvalue weighted by Crippen LogP contribution is 2.34. The van der Waals surface area contributed by atoms with Gasteiger partial charge >= 0.3 is 5.97 Å². The van der Waals surface area contributed by atoms with Gasteiger partial charge in [-0.15, -0.1) is 0 Å². The first-order valence-corrected chi connectivity index (χ1v) is 8.07. The van der Waals surface area contributed by atoms with Gasteiger partial charge in [0.05, 0.1) is 41.6 Å². The van der Waals surface area contributed by atoms with Crippen LogP contribution < -0.4 is 5.32 Å². The van der Waals surface area contributed by atoms with E-state index in [2.05, 4.69) is 21.2 Å². The zero-order valence-corrected chi connectivity index (χ0v) is 15.1. The predicted octanol–water partition coefficient (Wildman–Crippen LogP) is 2.43. The summed E-state index contributed by atoms with van der Waals surface area (Å²) < 4.78 is 5.31. The molecular weight excluding hydrogens is 411 g/mol. The molecule has 1 aromatic rings. The molecule has 124 valence electrons. The molecule has 1 aromatic carbocycles. The molecule has 1 aliphatic rings. The van der Waals surface area contributed by atoms with E-state index in [0.29, 0.717) is 20.2 Å². The Morgan fingerprint density at radius 1 is 1.43 bits per heavy atom. The van der Waals surface area contributed by atoms with Crippen LogP contribution in [0.5, 0.6) is 0 Å². The molecule has 2 rings (SSSR count). The van der Waals surface area contributed by atoms with Crippen molar-refractivity contribution in [2.75, 3.05) is 32.1 Å². The van der Waals surface area contributed by atoms with Gasteiger partial charge in [-0.1, -0.05) is 23.2 Å². The van der Waals surface area contributed by atoms with E-state index in [0.717, 1.165) is 0 Å². The number of ether oxygens (including phenoxy) is 1. The van der Waals surface area contributed by atoms with Crippen molar-refractivity contribution in [2.45, 2.75) is 0 Å². The van der Waals surface area contributed by atoms with Gasteiger partial charge in [-0.05, 0) is 28.1 Å². The van der Waals surface area contributed by atoms with Crippen LogP contribution in [0.4, 0.5) is 5.69 Å². The van der Waals surface area contributed by atoms with Gasteiger partial charge in [0.15, 0.2) is 0 Å². The molecule has 0 atom stereocenters. The summed E-state index contributed by atoms with van der Waals surface area (Å²) in [6, 6.07) is 3.12. The van der Waals surface area contributed by atoms with Crippen LogP contribution in [0.15, 0.2) is 27.9 Å². The first-order valence-electron chi connectivity index (χ1n) is 6.52. The lowest BCUT2D eigenvalue weighted by Gasteiger charge is -2.15. The minimum absolute atomic E-state index is 0.0519. The van der Waals surface area contributed by atoms with Crippen LogP contribution in [0, 0.1) is 0 Å². The molecule has 0 unspecified atom stereocenters. The molecule has 0 aromatic heterocycles. The Morgan fingerprint density at radius 2 is 2.13 bits per heavy atom. The van der Waals surface area contributed by atoms with E-state index < -0.39 is 11.9 Å². The zero-order valence-electron chi connectivity index (χ0n) is 12.0. The number of aliphatic hydroxyl groups is 1. The summed E-state index contributed by atoms with van der Waals surface area (Å²) in [5.74, 6) is -1.05. The number of aliphatic hydroxyl groups excluding tert-OH is 1. The molecule has 1 aliphatic heterocycles. The lowest BCUT2D eigenvalue weighted by Crippen LogP contribution is -2.31. The highest BCUT2D eigenvalue weighted by Gasteiger charge is 2.34. The molecule has 0 radical (unpaired) electrons. The van der Waals surface area contributed by atoms with Gasteiger partial charge in [-0.3, -0.25) is 4.79 Å². The van der Waals surface area contributed by atoms with Gasteiger partial charge < -0.3 is 20.1 Å². The van der Waals surface area contributed by atoms with E-state index in [4.69, 9.17) is 33.0 Å². The van der Waals surface area contributed by atoms with Crippen molar-refractivity contribution in [3.8, 4) is 0 Å². The topological polar surface area (TPSA) is 78.9 Å². The molecule has 6 nitrogen and oxygen atoms in total. The van der Waals surface area contributed by atoms with Crippen LogP contribution in [0.3, 0.4) is 0 Å². The van der Waals surface area contributed by atoms with Gasteiger partial charge in [0.2, 0.25) is 0 Å². The molecule has 0 saturated carbocycles. The molecule has 23 heavy (non-hydrogen) atoms. The minimum Gasteiger partial charge on any atom is -0.466 e. The van der Waals surface area contributed by atoms with Gasteiger partial charge in [0, 0.05) is 11.0 Å². The van der Waals surface area contributed by atoms with E-state index in [1.807, 2.05) is 0 Å². The Kier molecular flexibility index (Phi) is 5.91. The molecule has 0 fully saturated rings. The van der Waals surface area contributed by atoms with E-state index in [1.165, 1.54) is 18.1 Å². The van der Waals surface area contributed by atoms with Crippen molar-refractivity contribution >= 4 is 56.7 Å². The molecule has 2 N–H and O–H groups in total. The fourth-order valence-electron chi connectivity index (χ4n) is 2.10. The summed E-state index contributed by atoms with van der Waals surface area (Å²) in [5, 5.41) is 12.6. The summed E-state index contributed by atoms with van der Waals surface area (Å²) in [4.78, 5) is 25.6.